The fourth-order valence-electron chi connectivity index (χ4n) is 11.1. The summed E-state index contributed by atoms with van der Waals surface area (Å²) in [7, 11) is 3.21. The lowest BCUT2D eigenvalue weighted by molar-refractivity contribution is -0.137. The van der Waals surface area contributed by atoms with E-state index in [0.717, 1.165) is 68.5 Å². The van der Waals surface area contributed by atoms with Crippen LogP contribution >= 0.6 is 11.6 Å². The summed E-state index contributed by atoms with van der Waals surface area (Å²) >= 11 is 6.01. The number of anilines is 9. The molecule has 12 heterocycles. The number of imidazole rings is 2. The van der Waals surface area contributed by atoms with Crippen molar-refractivity contribution in [2.75, 3.05) is 77.3 Å². The minimum Gasteiger partial charge on any atom is -0.497 e. The zero-order valence-electron chi connectivity index (χ0n) is 69.4. The van der Waals surface area contributed by atoms with Crippen molar-refractivity contribution in [3.8, 4) is 80.9 Å². The average Bonchev–Trinajstić information content (AvgIpc) is 1.66. The minimum absolute atomic E-state index is 0.00869. The number of aromatic nitrogens is 32. The monoisotopic (exact) mass is 1840 g/mol. The Kier molecular flexibility index (Phi) is 31.3. The number of aliphatic hydroxyl groups excluding tert-OH is 2. The number of hydrogen-bond donors (Lipinski definition) is 11. The van der Waals surface area contributed by atoms with Gasteiger partial charge in [-0.15, -0.1) is 45.6 Å². The van der Waals surface area contributed by atoms with E-state index in [2.05, 4.69) is 205 Å². The molecule has 0 saturated carbocycles. The molecule has 56 nitrogen and oxygen atoms in total. The normalized spacial score (nSPS) is 12.1. The van der Waals surface area contributed by atoms with Crippen LogP contribution < -0.4 is 60.0 Å². The Morgan fingerprint density at radius 1 is 0.588 bits per heavy atom. The Morgan fingerprint density at radius 2 is 1.06 bits per heavy atom. The summed E-state index contributed by atoms with van der Waals surface area (Å²) in [4.78, 5) is 62.7. The summed E-state index contributed by atoms with van der Waals surface area (Å²) < 4.78 is 86.7. The number of nitrogen functional groups attached to an aromatic ring is 6. The van der Waals surface area contributed by atoms with Crippen LogP contribution in [0.3, 0.4) is 0 Å². The average molecular weight is 1840 g/mol. The summed E-state index contributed by atoms with van der Waals surface area (Å²) in [6, 6.07) is 16.8. The second-order valence-corrected chi connectivity index (χ2v) is 28.3. The van der Waals surface area contributed by atoms with Gasteiger partial charge in [0.05, 0.1) is 37.6 Å². The van der Waals surface area contributed by atoms with Gasteiger partial charge in [0.2, 0.25) is 41.0 Å². The lowest BCUT2D eigenvalue weighted by Gasteiger charge is -2.20. The number of methoxy groups -OCH3 is 1. The Hall–Kier alpha value is -17.4. The Labute approximate surface area is 735 Å². The van der Waals surface area contributed by atoms with Gasteiger partial charge in [-0.1, -0.05) is 57.5 Å². The number of halogens is 5. The van der Waals surface area contributed by atoms with E-state index in [0.29, 0.717) is 62.7 Å². The molecule has 0 bridgehead atoms. The smallest absolute Gasteiger partial charge is 0.416 e. The molecule has 0 saturated heterocycles. The SMILES string of the molecule is CC(C)Cn1cc(C#N)nc1-c1nonc1N.COc1cccc(N(C)C(=O)Cn2nnc(-c3nonc3N)n2)c1.Cc1cn(CC(C)C)c(-c2nonc2N)n1.Nc1nonc1-c1nnn(C(CO)C(=O)Nc2ccc(F)cc2)n1.Nc1nonc1-c1nnn(CC(=O)NC(CO)C2=CCCC(Cl)=C2)n1.Nc1nonc1-c1nnn(CC(=O)Nc2cccc(C(F)(F)F)c2)n1. The van der Waals surface area contributed by atoms with E-state index in [-0.39, 0.29) is 119 Å². The summed E-state index contributed by atoms with van der Waals surface area (Å²) in [5, 5.41) is 124. The second-order valence-electron chi connectivity index (χ2n) is 27.8. The number of ether oxygens (including phenoxy) is 1. The van der Waals surface area contributed by atoms with Crippen LogP contribution in [0.2, 0.25) is 0 Å². The molecule has 1 aliphatic rings. The maximum atomic E-state index is 12.9. The van der Waals surface area contributed by atoms with Crippen LogP contribution in [-0.4, -0.2) is 229 Å². The van der Waals surface area contributed by atoms with Gasteiger partial charge in [0.25, 0.3) is 5.91 Å². The lowest BCUT2D eigenvalue weighted by Crippen LogP contribution is -2.41. The number of amides is 4. The molecule has 0 radical (unpaired) electrons. The number of allylic oxidation sites excluding steroid dienone is 2. The molecule has 131 heavy (non-hydrogen) atoms. The number of carbonyl (C=O) groups excluding carboxylic acids is 4. The van der Waals surface area contributed by atoms with Gasteiger partial charge in [0, 0.05) is 60.7 Å². The van der Waals surface area contributed by atoms with E-state index in [1.807, 2.05) is 34.4 Å². The molecule has 4 amide bonds. The highest BCUT2D eigenvalue weighted by molar-refractivity contribution is 6.29. The van der Waals surface area contributed by atoms with Crippen LogP contribution in [0.5, 0.6) is 5.75 Å². The van der Waals surface area contributed by atoms with Crippen molar-refractivity contribution in [2.45, 2.75) is 98.4 Å². The summed E-state index contributed by atoms with van der Waals surface area (Å²) in [6.07, 6.45) is 4.33. The number of likely N-dealkylation sites (N-methyl/N-ethyl adjacent to an activating group) is 1. The quantitative estimate of drug-likeness (QED) is 0.0347. The highest BCUT2D eigenvalue weighted by Gasteiger charge is 2.32. The van der Waals surface area contributed by atoms with E-state index in [1.165, 1.54) is 41.3 Å². The first-order valence-electron chi connectivity index (χ1n) is 37.9. The fraction of sp³-hybridized carbons (Fsp3) is 0.300. The van der Waals surface area contributed by atoms with E-state index in [4.69, 9.17) is 56.0 Å². The molecule has 61 heteroatoms. The topological polar surface area (TPSA) is 781 Å². The number of nitriles is 1. The van der Waals surface area contributed by atoms with Crippen LogP contribution in [0.25, 0.3) is 69.1 Å². The van der Waals surface area contributed by atoms with Gasteiger partial charge in [-0.3, -0.25) is 19.2 Å². The highest BCUT2D eigenvalue weighted by atomic mass is 35.5. The number of tetrazole rings is 4. The third-order valence-corrected chi connectivity index (χ3v) is 17.4. The van der Waals surface area contributed by atoms with Gasteiger partial charge >= 0.3 is 6.18 Å². The number of benzene rings is 3. The predicted octanol–water partition coefficient (Wildman–Crippen LogP) is 2.70. The third-order valence-electron chi connectivity index (χ3n) is 17.1. The largest absolute Gasteiger partial charge is 0.497 e. The van der Waals surface area contributed by atoms with Gasteiger partial charge in [0.1, 0.15) is 37.3 Å². The number of alkyl halides is 3. The zero-order chi connectivity index (χ0) is 94.2. The Morgan fingerprint density at radius 3 is 1.53 bits per heavy atom. The van der Waals surface area contributed by atoms with Crippen molar-refractivity contribution < 1.29 is 79.5 Å². The number of hydrogen-bond acceptors (Lipinski definition) is 46. The molecule has 17 N–H and O–H groups in total. The second kappa shape index (κ2) is 43.5. The standard InChI is InChI=1S/C13H15ClN8O3.C13H14N8O3.C12H9F3N8O2.C12H11FN8O3.C10H12N6O.C10H15N5O/c14-8-3-1-2-7(4-8)9(6-23)16-10(24)5-22-18-13(17-21-22)11-12(15)20-25-19-11;1-20(8-4-3-5-9(6-8)23-2)10(22)7-21-16-13(15-19-21)11-12(14)18-24-17-11;13-12(14,15)6-2-1-3-7(4-6)17-8(24)5-23-19-11(18-22-23)9-10(16)21-25-20-9;13-6-1-3-7(4-2-6)15-12(23)8(5-22)21-17-11(16-20-21)9-10(14)19-24-18-9;1-6(2)4-16-5-7(3-11)13-10(16)8-9(12)15-17-14-8;1-6(2)4-15-5-7(3)12-10(15)8-9(11)14-16-13-8/h2,4,9,23H,1,3,5-6H2,(H2,15,20)(H,16,24);3-6H,7H2,1-2H3,(H2,14,18);1-4H,5H2,(H2,16,21)(H,17,24);1-4,8,22H,5H2,(H2,14,19)(H,15,23);5-6H,4H2,1-2H3,(H2,12,15);5-6H,4H2,1-3H3,(H2,11,14). The van der Waals surface area contributed by atoms with Crippen LogP contribution in [0, 0.1) is 35.9 Å². The number of nitrogens with two attached hydrogens (primary N) is 6. The van der Waals surface area contributed by atoms with E-state index < -0.39 is 54.0 Å². The summed E-state index contributed by atoms with van der Waals surface area (Å²) in [5.74, 6) is 1.12. The molecular weight excluding hydrogens is 1760 g/mol. The maximum absolute atomic E-state index is 12.9. The van der Waals surface area contributed by atoms with E-state index in [9.17, 15) is 47.0 Å². The summed E-state index contributed by atoms with van der Waals surface area (Å²) in [5.41, 5.74) is 36.9. The van der Waals surface area contributed by atoms with Crippen molar-refractivity contribution in [3.05, 3.63) is 131 Å². The lowest BCUT2D eigenvalue weighted by atomic mass is 10.0. The fourth-order valence-corrected chi connectivity index (χ4v) is 11.3. The van der Waals surface area contributed by atoms with Gasteiger partial charge in [-0.05, 0) is 181 Å². The molecular formula is C70H76ClF4N43O13. The minimum atomic E-state index is -4.51. The predicted molar refractivity (Wildman–Crippen MR) is 439 cm³/mol. The molecule has 0 spiro atoms. The van der Waals surface area contributed by atoms with Crippen LogP contribution in [0.15, 0.2) is 136 Å². The zero-order valence-corrected chi connectivity index (χ0v) is 70.1. The number of nitrogens with zero attached hydrogens (tertiary/aromatic N) is 34. The van der Waals surface area contributed by atoms with E-state index in [1.54, 1.807) is 50.7 Å². The highest BCUT2D eigenvalue weighted by Crippen LogP contribution is 2.32. The molecule has 1 aliphatic carbocycles. The number of carbonyl (C=O) groups is 4. The molecule has 2 atom stereocenters. The third kappa shape index (κ3) is 25.4. The number of aryl methyl sites for hydroxylation is 1. The van der Waals surface area contributed by atoms with Crippen LogP contribution in [-0.2, 0) is 58.1 Å². The maximum Gasteiger partial charge on any atom is 0.416 e. The van der Waals surface area contributed by atoms with Crippen molar-refractivity contribution >= 4 is 87.2 Å². The molecule has 0 aliphatic heterocycles. The molecule has 684 valence electrons. The first-order chi connectivity index (χ1) is 62.7. The molecule has 16 rings (SSSR count). The molecule has 3 aromatic carbocycles. The van der Waals surface area contributed by atoms with Crippen molar-refractivity contribution in [1.82, 2.24) is 167 Å². The Bertz CT molecular complexity index is 6440. The molecule has 2 unspecified atom stereocenters. The first kappa shape index (κ1) is 94.3. The van der Waals surface area contributed by atoms with Gasteiger partial charge in [0.15, 0.2) is 92.5 Å². The first-order valence-corrected chi connectivity index (χ1v) is 38.3. The van der Waals surface area contributed by atoms with Gasteiger partial charge < -0.3 is 79.3 Å². The van der Waals surface area contributed by atoms with Crippen molar-refractivity contribution in [1.29, 1.82) is 5.26 Å². The van der Waals surface area contributed by atoms with Crippen molar-refractivity contribution in [3.63, 3.8) is 0 Å². The Balaban J connectivity index is 0.000000153. The van der Waals surface area contributed by atoms with Gasteiger partial charge in [-0.2, -0.15) is 32.8 Å². The number of nitrogens with one attached hydrogen (secondary N) is 3. The molecule has 15 aromatic rings. The van der Waals surface area contributed by atoms with E-state index >= 15 is 0 Å². The number of rotatable bonds is 26. The molecule has 12 aromatic heterocycles. The number of aliphatic hydroxyl groups is 2. The van der Waals surface area contributed by atoms with Gasteiger partial charge in [-0.25, -0.2) is 42.1 Å². The van der Waals surface area contributed by atoms with Crippen LogP contribution in [0.4, 0.5) is 69.5 Å². The molecule has 0 fully saturated rings. The summed E-state index contributed by atoms with van der Waals surface area (Å²) in [6.45, 7) is 10.4. The van der Waals surface area contributed by atoms with Crippen LogP contribution in [0.1, 0.15) is 63.5 Å². The van der Waals surface area contributed by atoms with Crippen molar-refractivity contribution in [2.24, 2.45) is 11.8 Å².